The fourth-order valence-electron chi connectivity index (χ4n) is 3.34. The van der Waals surface area contributed by atoms with E-state index in [0.29, 0.717) is 11.4 Å². The van der Waals surface area contributed by atoms with E-state index < -0.39 is 23.8 Å². The standard InChI is InChI=1S/C22H29N4O4/c1-7-11-26-17-13-25(6)24-18(17)20(27)23-19(26)15-9-8-10-16(12-15)29-14(2)21(28)30-22(3,4)5/h8-10,12-14,19H,7,11H2,1-6H3. The molecular weight excluding hydrogens is 384 g/mol. The third-order valence-electron chi connectivity index (χ3n) is 4.53. The van der Waals surface area contributed by atoms with Crippen molar-refractivity contribution in [3.05, 3.63) is 41.7 Å². The third-order valence-corrected chi connectivity index (χ3v) is 4.53. The highest BCUT2D eigenvalue weighted by atomic mass is 16.6. The Hall–Kier alpha value is -3.03. The minimum atomic E-state index is -0.763. The molecule has 1 aliphatic heterocycles. The van der Waals surface area contributed by atoms with E-state index in [0.717, 1.165) is 24.2 Å². The number of anilines is 1. The second kappa shape index (κ2) is 8.38. The van der Waals surface area contributed by atoms with Crippen LogP contribution in [-0.4, -0.2) is 39.9 Å². The van der Waals surface area contributed by atoms with Gasteiger partial charge in [0.05, 0.1) is 5.69 Å². The SMILES string of the molecule is CCCN1c2cn(C)nc2C(=O)[N]C1c1cccc(OC(C)C(=O)OC(C)(C)C)c1. The molecule has 8 nitrogen and oxygen atoms in total. The Balaban J connectivity index is 1.84. The van der Waals surface area contributed by atoms with Gasteiger partial charge in [-0.05, 0) is 46.2 Å². The van der Waals surface area contributed by atoms with Gasteiger partial charge >= 0.3 is 5.97 Å². The maximum Gasteiger partial charge on any atom is 0.347 e. The summed E-state index contributed by atoms with van der Waals surface area (Å²) in [6.45, 7) is 9.89. The molecule has 0 bridgehead atoms. The second-order valence-electron chi connectivity index (χ2n) is 8.40. The molecule has 3 rings (SSSR count). The van der Waals surface area contributed by atoms with Crippen molar-refractivity contribution in [3.8, 4) is 5.75 Å². The molecule has 0 saturated heterocycles. The van der Waals surface area contributed by atoms with Crippen LogP contribution < -0.4 is 15.0 Å². The van der Waals surface area contributed by atoms with Crippen molar-refractivity contribution in [3.63, 3.8) is 0 Å². The number of aromatic nitrogens is 2. The van der Waals surface area contributed by atoms with Gasteiger partial charge in [0, 0.05) is 25.4 Å². The van der Waals surface area contributed by atoms with Crippen LogP contribution in [-0.2, 0) is 16.6 Å². The zero-order valence-corrected chi connectivity index (χ0v) is 18.4. The molecule has 1 aromatic carbocycles. The van der Waals surface area contributed by atoms with Crippen LogP contribution in [0.2, 0.25) is 0 Å². The molecule has 2 unspecified atom stereocenters. The van der Waals surface area contributed by atoms with Crippen LogP contribution in [0.25, 0.3) is 0 Å². The van der Waals surface area contributed by atoms with E-state index in [-0.39, 0.29) is 5.91 Å². The van der Waals surface area contributed by atoms with Crippen molar-refractivity contribution in [2.75, 3.05) is 11.4 Å². The number of carbonyl (C=O) groups is 2. The summed E-state index contributed by atoms with van der Waals surface area (Å²) in [6.07, 6.45) is 1.49. The molecule has 0 spiro atoms. The van der Waals surface area contributed by atoms with Gasteiger partial charge in [0.1, 0.15) is 11.4 Å². The number of esters is 1. The van der Waals surface area contributed by atoms with Crippen molar-refractivity contribution in [2.45, 2.75) is 58.9 Å². The molecule has 0 fully saturated rings. The molecule has 1 radical (unpaired) electrons. The summed E-state index contributed by atoms with van der Waals surface area (Å²) in [4.78, 5) is 26.9. The molecule has 1 amide bonds. The number of amides is 1. The van der Waals surface area contributed by atoms with Gasteiger partial charge in [0.25, 0.3) is 5.91 Å². The first-order valence-corrected chi connectivity index (χ1v) is 10.1. The largest absolute Gasteiger partial charge is 0.479 e. The van der Waals surface area contributed by atoms with Crippen LogP contribution in [0.5, 0.6) is 5.75 Å². The minimum absolute atomic E-state index is 0.337. The lowest BCUT2D eigenvalue weighted by atomic mass is 10.1. The Kier molecular flexibility index (Phi) is 6.05. The van der Waals surface area contributed by atoms with Crippen LogP contribution in [0.4, 0.5) is 5.69 Å². The molecule has 1 aliphatic rings. The Morgan fingerprint density at radius 2 is 2.03 bits per heavy atom. The lowest BCUT2D eigenvalue weighted by Crippen LogP contribution is -2.42. The first-order chi connectivity index (χ1) is 14.1. The van der Waals surface area contributed by atoms with Gasteiger partial charge in [0.2, 0.25) is 0 Å². The predicted octanol–water partition coefficient (Wildman–Crippen LogP) is 3.20. The lowest BCUT2D eigenvalue weighted by Gasteiger charge is -2.35. The summed E-state index contributed by atoms with van der Waals surface area (Å²) < 4.78 is 12.8. The topological polar surface area (TPSA) is 87.8 Å². The van der Waals surface area contributed by atoms with Gasteiger partial charge < -0.3 is 14.4 Å². The molecule has 0 aliphatic carbocycles. The van der Waals surface area contributed by atoms with Gasteiger partial charge in [-0.1, -0.05) is 19.1 Å². The molecule has 1 aromatic heterocycles. The maximum absolute atomic E-state index is 12.6. The highest BCUT2D eigenvalue weighted by molar-refractivity contribution is 5.99. The van der Waals surface area contributed by atoms with Crippen molar-refractivity contribution >= 4 is 17.6 Å². The summed E-state index contributed by atoms with van der Waals surface area (Å²) >= 11 is 0. The molecule has 2 heterocycles. The number of fused-ring (bicyclic) bond motifs is 1. The molecule has 8 heteroatoms. The predicted molar refractivity (Wildman–Crippen MR) is 112 cm³/mol. The molecular formula is C22H29N4O4. The molecule has 0 N–H and O–H groups in total. The fourth-order valence-corrected chi connectivity index (χ4v) is 3.34. The zero-order chi connectivity index (χ0) is 22.1. The van der Waals surface area contributed by atoms with Gasteiger partial charge in [-0.2, -0.15) is 5.10 Å². The van der Waals surface area contributed by atoms with Crippen LogP contribution >= 0.6 is 0 Å². The van der Waals surface area contributed by atoms with Crippen molar-refractivity contribution in [2.24, 2.45) is 7.05 Å². The lowest BCUT2D eigenvalue weighted by molar-refractivity contribution is -0.162. The van der Waals surface area contributed by atoms with Crippen LogP contribution in [0.3, 0.4) is 0 Å². The Morgan fingerprint density at radius 1 is 1.30 bits per heavy atom. The number of hydrogen-bond donors (Lipinski definition) is 0. The van der Waals surface area contributed by atoms with E-state index in [4.69, 9.17) is 9.47 Å². The summed E-state index contributed by atoms with van der Waals surface area (Å²) in [5, 5.41) is 8.63. The van der Waals surface area contributed by atoms with Crippen LogP contribution in [0, 0.1) is 0 Å². The number of rotatable bonds is 6. The van der Waals surface area contributed by atoms with Crippen molar-refractivity contribution in [1.82, 2.24) is 15.1 Å². The normalized spacial score (nSPS) is 17.2. The number of aryl methyl sites for hydroxylation is 1. The average molecular weight is 413 g/mol. The summed E-state index contributed by atoms with van der Waals surface area (Å²) in [6, 6.07) is 7.31. The number of ether oxygens (including phenoxy) is 2. The summed E-state index contributed by atoms with van der Waals surface area (Å²) in [5.41, 5.74) is 1.37. The maximum atomic E-state index is 12.6. The zero-order valence-electron chi connectivity index (χ0n) is 18.4. The van der Waals surface area contributed by atoms with Gasteiger partial charge in [-0.3, -0.25) is 9.48 Å². The monoisotopic (exact) mass is 413 g/mol. The number of carbonyl (C=O) groups excluding carboxylic acids is 2. The number of benzene rings is 1. The average Bonchev–Trinajstić information content (AvgIpc) is 3.05. The van der Waals surface area contributed by atoms with Crippen molar-refractivity contribution in [1.29, 1.82) is 0 Å². The van der Waals surface area contributed by atoms with E-state index >= 15 is 0 Å². The molecule has 30 heavy (non-hydrogen) atoms. The summed E-state index contributed by atoms with van der Waals surface area (Å²) in [5.74, 6) is -0.253. The van der Waals surface area contributed by atoms with E-state index in [1.54, 1.807) is 24.7 Å². The van der Waals surface area contributed by atoms with Gasteiger partial charge in [-0.25, -0.2) is 10.1 Å². The third kappa shape index (κ3) is 4.75. The molecule has 2 atom stereocenters. The minimum Gasteiger partial charge on any atom is -0.479 e. The molecule has 2 aromatic rings. The van der Waals surface area contributed by atoms with E-state index in [1.807, 2.05) is 45.2 Å². The van der Waals surface area contributed by atoms with Crippen LogP contribution in [0.1, 0.15) is 63.3 Å². The van der Waals surface area contributed by atoms with E-state index in [1.165, 1.54) is 0 Å². The van der Waals surface area contributed by atoms with Gasteiger partial charge in [-0.15, -0.1) is 0 Å². The first-order valence-electron chi connectivity index (χ1n) is 10.1. The molecule has 0 saturated carbocycles. The Labute approximate surface area is 177 Å². The van der Waals surface area contributed by atoms with E-state index in [9.17, 15) is 9.59 Å². The highest BCUT2D eigenvalue weighted by Gasteiger charge is 2.35. The summed E-state index contributed by atoms with van der Waals surface area (Å²) in [7, 11) is 1.79. The highest BCUT2D eigenvalue weighted by Crippen LogP contribution is 2.34. The van der Waals surface area contributed by atoms with E-state index in [2.05, 4.69) is 22.2 Å². The quantitative estimate of drug-likeness (QED) is 0.676. The smallest absolute Gasteiger partial charge is 0.347 e. The Bertz CT molecular complexity index is 931. The van der Waals surface area contributed by atoms with Crippen LogP contribution in [0.15, 0.2) is 30.5 Å². The van der Waals surface area contributed by atoms with Crippen molar-refractivity contribution < 1.29 is 19.1 Å². The first kappa shape index (κ1) is 21.7. The Morgan fingerprint density at radius 3 is 2.70 bits per heavy atom. The van der Waals surface area contributed by atoms with Gasteiger partial charge in [0.15, 0.2) is 18.0 Å². The number of hydrogen-bond acceptors (Lipinski definition) is 6. The fraction of sp³-hybridized carbons (Fsp3) is 0.500. The second-order valence-corrected chi connectivity index (χ2v) is 8.40. The molecule has 161 valence electrons. The number of nitrogens with zero attached hydrogens (tertiary/aromatic N) is 4.